The Hall–Kier alpha value is -1.89. The fraction of sp³-hybridized carbons (Fsp3) is 0.364. The summed E-state index contributed by atoms with van der Waals surface area (Å²) in [5, 5.41) is 8.40. The monoisotopic (exact) mass is 463 g/mol. The van der Waals surface area contributed by atoms with Crippen LogP contribution in [-0.2, 0) is 11.2 Å². The van der Waals surface area contributed by atoms with Gasteiger partial charge in [-0.1, -0.05) is 29.3 Å². The number of carbonyl (C=O) groups is 1. The Morgan fingerprint density at radius 3 is 2.73 bits per heavy atom. The summed E-state index contributed by atoms with van der Waals surface area (Å²) in [5.74, 6) is 2.74. The second-order valence-electron chi connectivity index (χ2n) is 7.43. The lowest BCUT2D eigenvalue weighted by atomic mass is 9.88. The number of halogens is 2. The van der Waals surface area contributed by atoms with Gasteiger partial charge in [0.25, 0.3) is 0 Å². The smallest absolute Gasteiger partial charge is 0.337 e. The standard InChI is InChI=1S/C22H23Cl2N3O2S/c1-29-20(28)15-3-5-18-19(13-15)27-22(7-10-30-11-8-22)21(26-18)25-9-6-14-2-4-16(23)17(24)12-14/h2-5,12-13,27H,6-11H2,1H3,(H,25,26). The number of thioether (sulfide) groups is 1. The first-order chi connectivity index (χ1) is 14.5. The SMILES string of the molecule is COC(=O)c1ccc2c(c1)NC1(CCSCC1)C(NCCc1ccc(Cl)c(Cl)c1)=N2. The first kappa shape index (κ1) is 21.3. The van der Waals surface area contributed by atoms with E-state index in [-0.39, 0.29) is 11.5 Å². The van der Waals surface area contributed by atoms with Crippen LogP contribution in [0, 0.1) is 0 Å². The van der Waals surface area contributed by atoms with Crippen LogP contribution in [0.25, 0.3) is 0 Å². The fourth-order valence-electron chi connectivity index (χ4n) is 3.83. The summed E-state index contributed by atoms with van der Waals surface area (Å²) >= 11 is 14.1. The van der Waals surface area contributed by atoms with Crippen molar-refractivity contribution < 1.29 is 9.53 Å². The number of esters is 1. The molecule has 5 nitrogen and oxygen atoms in total. The van der Waals surface area contributed by atoms with Crippen molar-refractivity contribution in [3.63, 3.8) is 0 Å². The molecule has 2 N–H and O–H groups in total. The molecule has 0 saturated carbocycles. The van der Waals surface area contributed by atoms with Crippen LogP contribution in [0.2, 0.25) is 10.0 Å². The Morgan fingerprint density at radius 2 is 2.00 bits per heavy atom. The van der Waals surface area contributed by atoms with E-state index in [1.165, 1.54) is 7.11 Å². The van der Waals surface area contributed by atoms with Crippen molar-refractivity contribution in [3.05, 3.63) is 57.6 Å². The third kappa shape index (κ3) is 4.41. The highest BCUT2D eigenvalue weighted by atomic mass is 35.5. The van der Waals surface area contributed by atoms with Gasteiger partial charge in [-0.3, -0.25) is 0 Å². The molecule has 0 radical (unpaired) electrons. The summed E-state index contributed by atoms with van der Waals surface area (Å²) in [4.78, 5) is 16.9. The average Bonchev–Trinajstić information content (AvgIpc) is 2.76. The van der Waals surface area contributed by atoms with E-state index in [4.69, 9.17) is 32.9 Å². The zero-order chi connectivity index (χ0) is 21.1. The maximum Gasteiger partial charge on any atom is 0.337 e. The summed E-state index contributed by atoms with van der Waals surface area (Å²) in [5.41, 5.74) is 3.10. The topological polar surface area (TPSA) is 62.7 Å². The number of benzene rings is 2. The highest BCUT2D eigenvalue weighted by molar-refractivity contribution is 7.99. The predicted octanol–water partition coefficient (Wildman–Crippen LogP) is 5.33. The maximum absolute atomic E-state index is 11.9. The van der Waals surface area contributed by atoms with E-state index in [0.717, 1.165) is 60.1 Å². The van der Waals surface area contributed by atoms with Crippen molar-refractivity contribution >= 4 is 58.1 Å². The average molecular weight is 464 g/mol. The van der Waals surface area contributed by atoms with Crippen molar-refractivity contribution in [1.82, 2.24) is 5.32 Å². The molecule has 2 aromatic rings. The Kier molecular flexibility index (Phi) is 6.46. The molecule has 158 valence electrons. The van der Waals surface area contributed by atoms with Gasteiger partial charge in [-0.2, -0.15) is 11.8 Å². The van der Waals surface area contributed by atoms with Crippen molar-refractivity contribution in [2.75, 3.05) is 30.5 Å². The summed E-state index contributed by atoms with van der Waals surface area (Å²) < 4.78 is 4.86. The van der Waals surface area contributed by atoms with Crippen LogP contribution in [0.1, 0.15) is 28.8 Å². The summed E-state index contributed by atoms with van der Waals surface area (Å²) in [6.07, 6.45) is 2.76. The Morgan fingerprint density at radius 1 is 1.20 bits per heavy atom. The van der Waals surface area contributed by atoms with Crippen LogP contribution < -0.4 is 10.6 Å². The number of anilines is 1. The number of nitrogens with one attached hydrogen (secondary N) is 2. The van der Waals surface area contributed by atoms with Crippen LogP contribution in [0.3, 0.4) is 0 Å². The number of carbonyl (C=O) groups excluding carboxylic acids is 1. The first-order valence-electron chi connectivity index (χ1n) is 9.86. The molecule has 0 bridgehead atoms. The molecule has 2 aliphatic heterocycles. The van der Waals surface area contributed by atoms with Crippen molar-refractivity contribution in [2.45, 2.75) is 24.8 Å². The largest absolute Gasteiger partial charge is 0.465 e. The van der Waals surface area contributed by atoms with Gasteiger partial charge in [-0.25, -0.2) is 9.79 Å². The zero-order valence-electron chi connectivity index (χ0n) is 16.6. The molecule has 2 heterocycles. The number of hydrogen-bond donors (Lipinski definition) is 2. The van der Waals surface area contributed by atoms with Crippen molar-refractivity contribution in [3.8, 4) is 0 Å². The third-order valence-electron chi connectivity index (χ3n) is 5.51. The van der Waals surface area contributed by atoms with Gasteiger partial charge >= 0.3 is 5.97 Å². The lowest BCUT2D eigenvalue weighted by Gasteiger charge is -2.42. The molecule has 4 rings (SSSR count). The first-order valence-corrected chi connectivity index (χ1v) is 11.8. The van der Waals surface area contributed by atoms with Gasteiger partial charge in [-0.05, 0) is 66.7 Å². The van der Waals surface area contributed by atoms with E-state index in [0.29, 0.717) is 15.6 Å². The van der Waals surface area contributed by atoms with E-state index in [2.05, 4.69) is 10.6 Å². The van der Waals surface area contributed by atoms with Gasteiger partial charge in [0, 0.05) is 6.54 Å². The molecule has 1 spiro atoms. The molecule has 2 aliphatic rings. The molecule has 1 saturated heterocycles. The fourth-order valence-corrected chi connectivity index (χ4v) is 5.34. The third-order valence-corrected chi connectivity index (χ3v) is 7.24. The van der Waals surface area contributed by atoms with Crippen LogP contribution in [0.4, 0.5) is 11.4 Å². The lowest BCUT2D eigenvalue weighted by Crippen LogP contribution is -2.56. The van der Waals surface area contributed by atoms with Gasteiger partial charge in [0.2, 0.25) is 0 Å². The summed E-state index contributed by atoms with van der Waals surface area (Å²) in [6.45, 7) is 0.739. The Bertz CT molecular complexity index is 990. The molecule has 30 heavy (non-hydrogen) atoms. The summed E-state index contributed by atoms with van der Waals surface area (Å²) in [7, 11) is 1.39. The van der Waals surface area contributed by atoms with E-state index < -0.39 is 0 Å². The summed E-state index contributed by atoms with van der Waals surface area (Å²) in [6, 6.07) is 11.2. The molecule has 0 aromatic heterocycles. The highest BCUT2D eigenvalue weighted by Gasteiger charge is 2.40. The van der Waals surface area contributed by atoms with Crippen molar-refractivity contribution in [2.24, 2.45) is 4.99 Å². The Labute approximate surface area is 190 Å². The second kappa shape index (κ2) is 9.08. The Balaban J connectivity index is 1.56. The van der Waals surface area contributed by atoms with Gasteiger partial charge in [-0.15, -0.1) is 0 Å². The number of rotatable bonds is 4. The highest BCUT2D eigenvalue weighted by Crippen LogP contribution is 2.40. The van der Waals surface area contributed by atoms with Gasteiger partial charge < -0.3 is 15.4 Å². The normalized spacial score (nSPS) is 17.0. The number of nitrogens with zero attached hydrogens (tertiary/aromatic N) is 1. The molecule has 0 atom stereocenters. The minimum Gasteiger partial charge on any atom is -0.465 e. The van der Waals surface area contributed by atoms with Crippen molar-refractivity contribution in [1.29, 1.82) is 0 Å². The maximum atomic E-state index is 11.9. The van der Waals surface area contributed by atoms with E-state index in [1.807, 2.05) is 42.1 Å². The minimum absolute atomic E-state index is 0.245. The lowest BCUT2D eigenvalue weighted by molar-refractivity contribution is 0.0601. The van der Waals surface area contributed by atoms with Crippen LogP contribution in [0.15, 0.2) is 41.4 Å². The second-order valence-corrected chi connectivity index (χ2v) is 9.47. The zero-order valence-corrected chi connectivity index (χ0v) is 19.0. The molecule has 8 heteroatoms. The number of methoxy groups -OCH3 is 1. The van der Waals surface area contributed by atoms with Gasteiger partial charge in [0.05, 0.1) is 39.6 Å². The molecule has 0 unspecified atom stereocenters. The minimum atomic E-state index is -0.345. The van der Waals surface area contributed by atoms with Crippen LogP contribution in [-0.4, -0.2) is 42.5 Å². The molecule has 0 amide bonds. The number of amidine groups is 1. The number of fused-ring (bicyclic) bond motifs is 1. The number of hydrogen-bond acceptors (Lipinski definition) is 6. The molecule has 1 fully saturated rings. The predicted molar refractivity (Wildman–Crippen MR) is 126 cm³/mol. The van der Waals surface area contributed by atoms with Gasteiger partial charge in [0.15, 0.2) is 0 Å². The molecule has 0 aliphatic carbocycles. The number of ether oxygens (including phenoxy) is 1. The van der Waals surface area contributed by atoms with Gasteiger partial charge in [0.1, 0.15) is 5.84 Å². The number of aliphatic imine (C=N–C) groups is 1. The molecular weight excluding hydrogens is 441 g/mol. The van der Waals surface area contributed by atoms with Crippen LogP contribution >= 0.6 is 35.0 Å². The molecular formula is C22H23Cl2N3O2S. The van der Waals surface area contributed by atoms with E-state index in [9.17, 15) is 4.79 Å². The van der Waals surface area contributed by atoms with Crippen LogP contribution in [0.5, 0.6) is 0 Å². The molecule has 2 aromatic carbocycles. The van der Waals surface area contributed by atoms with E-state index >= 15 is 0 Å². The quantitative estimate of drug-likeness (QED) is 0.599. The van der Waals surface area contributed by atoms with E-state index in [1.54, 1.807) is 6.07 Å².